The largest absolute Gasteiger partial charge is 0.444 e. The summed E-state index contributed by atoms with van der Waals surface area (Å²) in [5, 5.41) is 13.0. The third-order valence-electron chi connectivity index (χ3n) is 8.13. The Morgan fingerprint density at radius 1 is 1.07 bits per heavy atom. The molecular formula is C32H40FN5O5S. The maximum Gasteiger partial charge on any atom is 0.411 e. The van der Waals surface area contributed by atoms with E-state index in [4.69, 9.17) is 10.00 Å². The molecule has 2 aromatic rings. The van der Waals surface area contributed by atoms with Crippen LogP contribution in [0.4, 0.5) is 9.18 Å². The summed E-state index contributed by atoms with van der Waals surface area (Å²) < 4.78 is 19.1. The number of aryl methyl sites for hydroxylation is 1. The van der Waals surface area contributed by atoms with E-state index >= 15 is 0 Å². The van der Waals surface area contributed by atoms with Gasteiger partial charge in [0.2, 0.25) is 11.8 Å². The zero-order valence-electron chi connectivity index (χ0n) is 25.9. The van der Waals surface area contributed by atoms with Crippen LogP contribution in [0.15, 0.2) is 29.6 Å². The highest BCUT2D eigenvalue weighted by Gasteiger charge is 2.52. The molecule has 2 aliphatic heterocycles. The Bertz CT molecular complexity index is 1440. The minimum atomic E-state index is -0.577. The maximum atomic E-state index is 13.7. The number of piperidine rings is 1. The molecule has 3 fully saturated rings. The van der Waals surface area contributed by atoms with Crippen molar-refractivity contribution in [2.75, 3.05) is 32.7 Å². The van der Waals surface area contributed by atoms with Crippen molar-refractivity contribution in [3.8, 4) is 17.2 Å². The Kier molecular flexibility index (Phi) is 10.3. The number of nitriles is 1. The van der Waals surface area contributed by atoms with Crippen molar-refractivity contribution in [1.82, 2.24) is 20.0 Å². The lowest BCUT2D eigenvalue weighted by Gasteiger charge is -2.35. The molecule has 0 radical (unpaired) electrons. The number of ether oxygens (including phenoxy) is 1. The summed E-state index contributed by atoms with van der Waals surface area (Å²) in [6, 6.07) is 8.40. The summed E-state index contributed by atoms with van der Waals surface area (Å²) in [7, 11) is 0. The number of hydrogen-bond acceptors (Lipinski definition) is 7. The van der Waals surface area contributed by atoms with Crippen molar-refractivity contribution in [3.63, 3.8) is 0 Å². The number of nitrogens with one attached hydrogen (secondary N) is 1. The maximum absolute atomic E-state index is 13.7. The van der Waals surface area contributed by atoms with Crippen molar-refractivity contribution in [3.05, 3.63) is 45.9 Å². The summed E-state index contributed by atoms with van der Waals surface area (Å²) in [6.45, 7) is 10.9. The summed E-state index contributed by atoms with van der Waals surface area (Å²) in [6.07, 6.45) is 2.30. The number of fused-ring (bicyclic) bond motifs is 2. The molecule has 1 aromatic carbocycles. The predicted molar refractivity (Wildman–Crippen MR) is 164 cm³/mol. The van der Waals surface area contributed by atoms with Crippen LogP contribution in [-0.4, -0.2) is 88.9 Å². The van der Waals surface area contributed by atoms with Crippen LogP contribution in [-0.2, 0) is 14.3 Å². The molecule has 3 atom stereocenters. The van der Waals surface area contributed by atoms with Crippen LogP contribution in [0, 0.1) is 30.0 Å². The molecule has 44 heavy (non-hydrogen) atoms. The molecule has 4 amide bonds. The van der Waals surface area contributed by atoms with Gasteiger partial charge in [-0.1, -0.05) is 12.1 Å². The summed E-state index contributed by atoms with van der Waals surface area (Å²) in [5.41, 5.74) is 1.65. The molecule has 2 bridgehead atoms. The zero-order chi connectivity index (χ0) is 32.2. The number of carbonyl (C=O) groups excluding carboxylic acids is 4. The van der Waals surface area contributed by atoms with Crippen LogP contribution >= 0.6 is 11.3 Å². The van der Waals surface area contributed by atoms with Gasteiger partial charge in [-0.3, -0.25) is 19.3 Å². The molecule has 1 aromatic heterocycles. The summed E-state index contributed by atoms with van der Waals surface area (Å²) in [5.74, 6) is -0.285. The second kappa shape index (κ2) is 13.8. The van der Waals surface area contributed by atoms with Gasteiger partial charge in [-0.15, -0.1) is 11.3 Å². The van der Waals surface area contributed by atoms with Crippen LogP contribution in [0.5, 0.6) is 0 Å². The molecule has 12 heteroatoms. The molecule has 236 valence electrons. The second-order valence-corrected chi connectivity index (χ2v) is 13.3. The third-order valence-corrected chi connectivity index (χ3v) is 9.05. The zero-order valence-corrected chi connectivity index (χ0v) is 26.7. The Balaban J connectivity index is 0.000000204. The van der Waals surface area contributed by atoms with Gasteiger partial charge in [-0.2, -0.15) is 5.26 Å². The Hall–Kier alpha value is -3.98. The first-order valence-electron chi connectivity index (χ1n) is 14.8. The number of amides is 4. The summed E-state index contributed by atoms with van der Waals surface area (Å²) >= 11 is 1.37. The van der Waals surface area contributed by atoms with Crippen LogP contribution in [0.3, 0.4) is 0 Å². The number of benzene rings is 1. The van der Waals surface area contributed by atoms with Crippen molar-refractivity contribution in [1.29, 1.82) is 5.26 Å². The highest BCUT2D eigenvalue weighted by molar-refractivity contribution is 7.12. The summed E-state index contributed by atoms with van der Waals surface area (Å²) in [4.78, 5) is 54.1. The SMILES string of the molecule is CC(=O)N1CCN(C(=O)c2cc(-c3ccc(C)c(F)c3)cs2)CC1.CC(C)(C)OC(=O)N1[C@@H]2CC[C@@H](C2)[C@H]1C(=O)NCC#N. The quantitative estimate of drug-likeness (QED) is 0.497. The van der Waals surface area contributed by atoms with Gasteiger partial charge in [0.1, 0.15) is 24.0 Å². The number of rotatable bonds is 4. The Morgan fingerprint density at radius 3 is 2.36 bits per heavy atom. The van der Waals surface area contributed by atoms with Gasteiger partial charge < -0.3 is 19.9 Å². The van der Waals surface area contributed by atoms with Gasteiger partial charge in [0.25, 0.3) is 5.91 Å². The van der Waals surface area contributed by atoms with E-state index < -0.39 is 17.7 Å². The number of hydrogen-bond donors (Lipinski definition) is 1. The second-order valence-electron chi connectivity index (χ2n) is 12.4. The van der Waals surface area contributed by atoms with Gasteiger partial charge in [-0.05, 0) is 87.1 Å². The number of likely N-dealkylation sites (tertiary alicyclic amines) is 1. The van der Waals surface area contributed by atoms with Crippen molar-refractivity contribution in [2.45, 2.75) is 71.6 Å². The van der Waals surface area contributed by atoms with E-state index in [0.29, 0.717) is 36.6 Å². The van der Waals surface area contributed by atoms with Crippen LogP contribution in [0.25, 0.3) is 11.1 Å². The molecule has 3 heterocycles. The minimum Gasteiger partial charge on any atom is -0.444 e. The number of nitrogens with zero attached hydrogens (tertiary/aromatic N) is 4. The first kappa shape index (κ1) is 32.9. The van der Waals surface area contributed by atoms with Gasteiger partial charge in [0.05, 0.1) is 10.9 Å². The monoisotopic (exact) mass is 625 g/mol. The fraction of sp³-hybridized carbons (Fsp3) is 0.531. The van der Waals surface area contributed by atoms with E-state index in [1.54, 1.807) is 34.6 Å². The smallest absolute Gasteiger partial charge is 0.411 e. The highest BCUT2D eigenvalue weighted by Crippen LogP contribution is 2.43. The average molecular weight is 626 g/mol. The molecule has 3 aliphatic rings. The molecular weight excluding hydrogens is 585 g/mol. The van der Waals surface area contributed by atoms with E-state index in [-0.39, 0.29) is 42.0 Å². The van der Waals surface area contributed by atoms with Gasteiger partial charge >= 0.3 is 6.09 Å². The van der Waals surface area contributed by atoms with Crippen LogP contribution in [0.2, 0.25) is 0 Å². The first-order chi connectivity index (χ1) is 20.8. The lowest BCUT2D eigenvalue weighted by Crippen LogP contribution is -2.53. The number of piperazine rings is 1. The molecule has 0 unspecified atom stereocenters. The Morgan fingerprint density at radius 2 is 1.75 bits per heavy atom. The number of halogens is 1. The molecule has 2 saturated heterocycles. The molecule has 0 spiro atoms. The van der Waals surface area contributed by atoms with E-state index in [2.05, 4.69) is 5.32 Å². The molecule has 5 rings (SSSR count). The Labute approximate surface area is 261 Å². The van der Waals surface area contributed by atoms with Gasteiger partial charge in [0.15, 0.2) is 0 Å². The standard InChI is InChI=1S/C18H19FN2O2S.C14H21N3O3/c1-12-3-4-14(9-16(12)19)15-10-17(24-11-15)18(23)21-7-5-20(6-8-21)13(2)22;1-14(2,3)20-13(19)17-10-5-4-9(8-10)11(17)12(18)16-7-6-15/h3-4,9-11H,5-8H2,1-2H3;9-11H,4-5,7-8H2,1-3H3,(H,16,18)/t;9-,10+,11-/m.0/s1. The van der Waals surface area contributed by atoms with Crippen molar-refractivity contribution < 1.29 is 28.3 Å². The van der Waals surface area contributed by atoms with E-state index in [9.17, 15) is 23.6 Å². The highest BCUT2D eigenvalue weighted by atomic mass is 32.1. The molecule has 1 saturated carbocycles. The van der Waals surface area contributed by atoms with E-state index in [1.807, 2.05) is 44.4 Å². The normalized spacial score (nSPS) is 20.8. The number of thiophene rings is 1. The van der Waals surface area contributed by atoms with Gasteiger partial charge in [-0.25, -0.2) is 9.18 Å². The molecule has 1 N–H and O–H groups in total. The molecule has 1 aliphatic carbocycles. The topological polar surface area (TPSA) is 123 Å². The van der Waals surface area contributed by atoms with Crippen LogP contribution < -0.4 is 5.32 Å². The first-order valence-corrected chi connectivity index (χ1v) is 15.7. The fourth-order valence-electron chi connectivity index (χ4n) is 5.89. The van der Waals surface area contributed by atoms with E-state index in [0.717, 1.165) is 30.4 Å². The van der Waals surface area contributed by atoms with Crippen LogP contribution in [0.1, 0.15) is 62.2 Å². The third kappa shape index (κ3) is 7.75. The predicted octanol–water partition coefficient (Wildman–Crippen LogP) is 4.58. The average Bonchev–Trinajstić information content (AvgIpc) is 3.73. The number of carbonyl (C=O) groups is 4. The lowest BCUT2D eigenvalue weighted by atomic mass is 9.98. The lowest BCUT2D eigenvalue weighted by molar-refractivity contribution is -0.130. The van der Waals surface area contributed by atoms with Crippen molar-refractivity contribution in [2.24, 2.45) is 5.92 Å². The fourth-order valence-corrected chi connectivity index (χ4v) is 6.77. The van der Waals surface area contributed by atoms with E-state index in [1.165, 1.54) is 17.4 Å². The van der Waals surface area contributed by atoms with Crippen molar-refractivity contribution >= 4 is 35.2 Å². The van der Waals surface area contributed by atoms with Gasteiger partial charge in [0, 0.05) is 39.1 Å². The minimum absolute atomic E-state index is 0.0259. The molecule has 10 nitrogen and oxygen atoms in total.